The third-order valence-corrected chi connectivity index (χ3v) is 3.59. The summed E-state index contributed by atoms with van der Waals surface area (Å²) in [5, 5.41) is 5.53. The molecule has 5 heteroatoms. The molecular weight excluding hydrogens is 284 g/mol. The molecule has 2 aromatic rings. The van der Waals surface area contributed by atoms with Crippen molar-refractivity contribution in [3.05, 3.63) is 54.1 Å². The molecule has 0 saturated carbocycles. The molecule has 2 amide bonds. The van der Waals surface area contributed by atoms with E-state index in [4.69, 9.17) is 0 Å². The summed E-state index contributed by atoms with van der Waals surface area (Å²) >= 11 is 1.53. The van der Waals surface area contributed by atoms with Gasteiger partial charge in [0.1, 0.15) is 0 Å². The van der Waals surface area contributed by atoms with Crippen molar-refractivity contribution in [1.82, 2.24) is 0 Å². The maximum atomic E-state index is 12.3. The molecule has 108 valence electrons. The van der Waals surface area contributed by atoms with E-state index >= 15 is 0 Å². The number of hydrogen-bond donors (Lipinski definition) is 2. The summed E-state index contributed by atoms with van der Waals surface area (Å²) in [6.45, 7) is 1.44. The Balaban J connectivity index is 2.17. The molecule has 0 aliphatic rings. The van der Waals surface area contributed by atoms with Gasteiger partial charge in [-0.15, -0.1) is 11.8 Å². The van der Waals surface area contributed by atoms with Gasteiger partial charge in [0, 0.05) is 23.2 Å². The molecular formula is C16H16N2O2S. The van der Waals surface area contributed by atoms with Crippen LogP contribution in [0.1, 0.15) is 17.3 Å². The van der Waals surface area contributed by atoms with Crippen LogP contribution < -0.4 is 10.6 Å². The summed E-state index contributed by atoms with van der Waals surface area (Å²) in [7, 11) is 0. The summed E-state index contributed by atoms with van der Waals surface area (Å²) in [5.74, 6) is -0.314. The van der Waals surface area contributed by atoms with Gasteiger partial charge in [-0.05, 0) is 36.6 Å². The third kappa shape index (κ3) is 4.10. The highest BCUT2D eigenvalue weighted by Gasteiger charge is 2.10. The minimum atomic E-state index is -0.167. The van der Waals surface area contributed by atoms with Crippen molar-refractivity contribution < 1.29 is 9.59 Å². The minimum absolute atomic E-state index is 0.147. The first-order valence-electron chi connectivity index (χ1n) is 6.42. The molecule has 0 heterocycles. The summed E-state index contributed by atoms with van der Waals surface area (Å²) < 4.78 is 0. The largest absolute Gasteiger partial charge is 0.326 e. The predicted octanol–water partition coefficient (Wildman–Crippen LogP) is 3.62. The molecule has 0 bridgehead atoms. The summed E-state index contributed by atoms with van der Waals surface area (Å²) in [6, 6.07) is 14.5. The zero-order chi connectivity index (χ0) is 15.2. The molecule has 0 aliphatic carbocycles. The van der Waals surface area contributed by atoms with Crippen molar-refractivity contribution in [3.8, 4) is 0 Å². The van der Waals surface area contributed by atoms with Gasteiger partial charge in [0.25, 0.3) is 5.91 Å². The van der Waals surface area contributed by atoms with E-state index in [9.17, 15) is 9.59 Å². The lowest BCUT2D eigenvalue weighted by molar-refractivity contribution is -0.114. The van der Waals surface area contributed by atoms with E-state index < -0.39 is 0 Å². The monoisotopic (exact) mass is 300 g/mol. The molecule has 0 aromatic heterocycles. The van der Waals surface area contributed by atoms with Crippen LogP contribution in [0.25, 0.3) is 0 Å². The van der Waals surface area contributed by atoms with Gasteiger partial charge < -0.3 is 10.6 Å². The lowest BCUT2D eigenvalue weighted by Crippen LogP contribution is -2.13. The van der Waals surface area contributed by atoms with Crippen LogP contribution in [0.2, 0.25) is 0 Å². The topological polar surface area (TPSA) is 58.2 Å². The maximum Gasteiger partial charge on any atom is 0.256 e. The highest BCUT2D eigenvalue weighted by atomic mass is 32.2. The van der Waals surface area contributed by atoms with Gasteiger partial charge in [0.2, 0.25) is 5.91 Å². The second kappa shape index (κ2) is 6.95. The Hall–Kier alpha value is -2.27. The average Bonchev–Trinajstić information content (AvgIpc) is 2.46. The second-order valence-electron chi connectivity index (χ2n) is 4.42. The van der Waals surface area contributed by atoms with Gasteiger partial charge in [-0.3, -0.25) is 9.59 Å². The van der Waals surface area contributed by atoms with Crippen LogP contribution in [0.5, 0.6) is 0 Å². The Morgan fingerprint density at radius 2 is 1.62 bits per heavy atom. The van der Waals surface area contributed by atoms with Crippen molar-refractivity contribution in [2.24, 2.45) is 0 Å². The molecule has 0 saturated heterocycles. The Bertz CT molecular complexity index is 671. The number of hydrogen-bond acceptors (Lipinski definition) is 3. The smallest absolute Gasteiger partial charge is 0.256 e. The van der Waals surface area contributed by atoms with Gasteiger partial charge in [-0.2, -0.15) is 0 Å². The number of rotatable bonds is 4. The molecule has 2 aromatic carbocycles. The van der Waals surface area contributed by atoms with Gasteiger partial charge in [-0.1, -0.05) is 18.2 Å². The van der Waals surface area contributed by atoms with Crippen LogP contribution in [0.3, 0.4) is 0 Å². The minimum Gasteiger partial charge on any atom is -0.326 e. The van der Waals surface area contributed by atoms with Crippen LogP contribution in [-0.4, -0.2) is 18.1 Å². The fraction of sp³-hybridized carbons (Fsp3) is 0.125. The van der Waals surface area contributed by atoms with Crippen LogP contribution in [0, 0.1) is 0 Å². The fourth-order valence-corrected chi connectivity index (χ4v) is 2.50. The van der Waals surface area contributed by atoms with Crippen LogP contribution in [-0.2, 0) is 4.79 Å². The number of amides is 2. The van der Waals surface area contributed by atoms with E-state index in [2.05, 4.69) is 10.6 Å². The van der Waals surface area contributed by atoms with E-state index in [-0.39, 0.29) is 11.8 Å². The van der Waals surface area contributed by atoms with Crippen molar-refractivity contribution in [2.75, 3.05) is 16.9 Å². The molecule has 0 fully saturated rings. The molecule has 0 unspecified atom stereocenters. The number of carbonyl (C=O) groups is 2. The molecule has 0 aliphatic heterocycles. The number of nitrogens with one attached hydrogen (secondary N) is 2. The van der Waals surface area contributed by atoms with E-state index in [0.29, 0.717) is 16.9 Å². The number of benzene rings is 2. The summed E-state index contributed by atoms with van der Waals surface area (Å²) in [5.41, 5.74) is 1.93. The third-order valence-electron chi connectivity index (χ3n) is 2.79. The van der Waals surface area contributed by atoms with E-state index in [1.165, 1.54) is 18.7 Å². The number of thioether (sulfide) groups is 1. The van der Waals surface area contributed by atoms with Gasteiger partial charge in [0.05, 0.1) is 5.56 Å². The predicted molar refractivity (Wildman–Crippen MR) is 86.9 cm³/mol. The molecule has 0 spiro atoms. The Labute approximate surface area is 127 Å². The van der Waals surface area contributed by atoms with Gasteiger partial charge in [0.15, 0.2) is 0 Å². The first-order chi connectivity index (χ1) is 10.1. The fourth-order valence-electron chi connectivity index (χ4n) is 1.91. The standard InChI is InChI=1S/C16H16N2O2S/c1-11(19)17-12-6-5-7-13(10-12)18-16(20)14-8-3-4-9-15(14)21-2/h3-10H,1-2H3,(H,17,19)(H,18,20). The van der Waals surface area contributed by atoms with E-state index in [0.717, 1.165) is 4.90 Å². The Morgan fingerprint density at radius 1 is 0.952 bits per heavy atom. The van der Waals surface area contributed by atoms with Crippen LogP contribution in [0.15, 0.2) is 53.4 Å². The average molecular weight is 300 g/mol. The summed E-state index contributed by atoms with van der Waals surface area (Å²) in [4.78, 5) is 24.3. The van der Waals surface area contributed by atoms with Crippen molar-refractivity contribution in [3.63, 3.8) is 0 Å². The van der Waals surface area contributed by atoms with Gasteiger partial charge in [-0.25, -0.2) is 0 Å². The van der Waals surface area contributed by atoms with Gasteiger partial charge >= 0.3 is 0 Å². The van der Waals surface area contributed by atoms with Crippen molar-refractivity contribution >= 4 is 35.0 Å². The quantitative estimate of drug-likeness (QED) is 0.848. The van der Waals surface area contributed by atoms with E-state index in [1.54, 1.807) is 30.3 Å². The van der Waals surface area contributed by atoms with E-state index in [1.807, 2.05) is 24.5 Å². The zero-order valence-electron chi connectivity index (χ0n) is 11.8. The zero-order valence-corrected chi connectivity index (χ0v) is 12.7. The molecule has 21 heavy (non-hydrogen) atoms. The van der Waals surface area contributed by atoms with Crippen LogP contribution in [0.4, 0.5) is 11.4 Å². The first kappa shape index (κ1) is 15.1. The summed E-state index contributed by atoms with van der Waals surface area (Å²) in [6.07, 6.45) is 1.93. The molecule has 4 nitrogen and oxygen atoms in total. The Kier molecular flexibility index (Phi) is 5.00. The molecule has 0 atom stereocenters. The molecule has 2 rings (SSSR count). The second-order valence-corrected chi connectivity index (χ2v) is 5.26. The SMILES string of the molecule is CSc1ccccc1C(=O)Nc1cccc(NC(C)=O)c1. The number of carbonyl (C=O) groups excluding carboxylic acids is 2. The molecule has 0 radical (unpaired) electrons. The maximum absolute atomic E-state index is 12.3. The lowest BCUT2D eigenvalue weighted by Gasteiger charge is -2.10. The highest BCUT2D eigenvalue weighted by molar-refractivity contribution is 7.98. The van der Waals surface area contributed by atoms with Crippen LogP contribution >= 0.6 is 11.8 Å². The first-order valence-corrected chi connectivity index (χ1v) is 7.64. The lowest BCUT2D eigenvalue weighted by atomic mass is 10.2. The Morgan fingerprint density at radius 3 is 2.29 bits per heavy atom. The number of anilines is 2. The van der Waals surface area contributed by atoms with Crippen molar-refractivity contribution in [2.45, 2.75) is 11.8 Å². The normalized spacial score (nSPS) is 10.0. The highest BCUT2D eigenvalue weighted by Crippen LogP contribution is 2.22. The molecule has 2 N–H and O–H groups in total. The van der Waals surface area contributed by atoms with Crippen molar-refractivity contribution in [1.29, 1.82) is 0 Å².